The van der Waals surface area contributed by atoms with Crippen LogP contribution < -0.4 is 0 Å². The van der Waals surface area contributed by atoms with Crippen molar-refractivity contribution in [1.82, 2.24) is 4.90 Å². The third-order valence-corrected chi connectivity index (χ3v) is 3.13. The molecule has 0 radical (unpaired) electrons. The van der Waals surface area contributed by atoms with Crippen LogP contribution in [0.2, 0.25) is 0 Å². The molecular weight excluding hydrogens is 390 g/mol. The van der Waals surface area contributed by atoms with Crippen LogP contribution in [0.25, 0.3) is 0 Å². The predicted molar refractivity (Wildman–Crippen MR) is 57.2 cm³/mol. The normalized spacial score (nSPS) is 25.1. The van der Waals surface area contributed by atoms with Crippen molar-refractivity contribution in [1.29, 1.82) is 0 Å². The number of nitrogens with zero attached hydrogens (tertiary/aromatic N) is 1. The lowest BCUT2D eigenvalue weighted by molar-refractivity contribution is -0.312. The molecule has 25 heavy (non-hydrogen) atoms. The molecule has 0 aromatic heterocycles. The summed E-state index contributed by atoms with van der Waals surface area (Å²) < 4.78 is 157. The minimum Gasteiger partial charge on any atom is -0.362 e. The Labute approximate surface area is 132 Å². The SMILES string of the molecule is C/C(F)=C(\N1CC(C(F)(F)F)OC(C(F)(F)F)C1)C(F)(F)C(F)(F)F. The number of ether oxygens (including phenoxy) is 1. The van der Waals surface area contributed by atoms with E-state index < -0.39 is 66.2 Å². The van der Waals surface area contributed by atoms with Crippen molar-refractivity contribution in [3.63, 3.8) is 0 Å². The number of rotatable bonds is 2. The second-order valence-electron chi connectivity index (χ2n) is 5.06. The fourth-order valence-electron chi connectivity index (χ4n) is 2.07. The van der Waals surface area contributed by atoms with Crippen LogP contribution in [-0.4, -0.2) is 54.6 Å². The molecule has 0 bridgehead atoms. The Hall–Kier alpha value is -1.34. The van der Waals surface area contributed by atoms with Crippen molar-refractivity contribution in [3.8, 4) is 0 Å². The van der Waals surface area contributed by atoms with Gasteiger partial charge in [0.1, 0.15) is 11.5 Å². The smallest absolute Gasteiger partial charge is 0.362 e. The van der Waals surface area contributed by atoms with Crippen molar-refractivity contribution >= 4 is 0 Å². The van der Waals surface area contributed by atoms with E-state index in [2.05, 4.69) is 4.74 Å². The topological polar surface area (TPSA) is 12.5 Å². The monoisotopic (exact) mass is 399 g/mol. The molecule has 1 heterocycles. The molecule has 2 unspecified atom stereocenters. The lowest BCUT2D eigenvalue weighted by atomic mass is 10.1. The van der Waals surface area contributed by atoms with E-state index in [-0.39, 0.29) is 6.92 Å². The summed E-state index contributed by atoms with van der Waals surface area (Å²) in [6, 6.07) is 0. The molecule has 0 aromatic carbocycles. The van der Waals surface area contributed by atoms with Gasteiger partial charge in [-0.15, -0.1) is 0 Å². The van der Waals surface area contributed by atoms with Gasteiger partial charge in [0, 0.05) is 0 Å². The van der Waals surface area contributed by atoms with Gasteiger partial charge in [0.05, 0.1) is 13.1 Å². The van der Waals surface area contributed by atoms with Gasteiger partial charge >= 0.3 is 24.5 Å². The molecule has 1 saturated heterocycles. The van der Waals surface area contributed by atoms with Crippen LogP contribution in [0.4, 0.5) is 52.7 Å². The Kier molecular flexibility index (Phi) is 5.58. The largest absolute Gasteiger partial charge is 0.459 e. The zero-order valence-corrected chi connectivity index (χ0v) is 12.0. The Morgan fingerprint density at radius 3 is 1.40 bits per heavy atom. The first-order valence-corrected chi connectivity index (χ1v) is 6.24. The zero-order chi connectivity index (χ0) is 20.0. The summed E-state index contributed by atoms with van der Waals surface area (Å²) in [5, 5.41) is 0. The van der Waals surface area contributed by atoms with Gasteiger partial charge in [-0.05, 0) is 6.92 Å². The molecule has 0 amide bonds. The van der Waals surface area contributed by atoms with Crippen LogP contribution in [-0.2, 0) is 4.74 Å². The van der Waals surface area contributed by atoms with Gasteiger partial charge in [-0.2, -0.15) is 48.3 Å². The maximum Gasteiger partial charge on any atom is 0.459 e. The highest BCUT2D eigenvalue weighted by molar-refractivity contribution is 5.19. The van der Waals surface area contributed by atoms with Gasteiger partial charge in [-0.25, -0.2) is 4.39 Å². The van der Waals surface area contributed by atoms with Crippen LogP contribution in [0, 0.1) is 0 Å². The molecule has 1 fully saturated rings. The molecule has 0 aliphatic carbocycles. The van der Waals surface area contributed by atoms with Crippen LogP contribution in [0.15, 0.2) is 11.5 Å². The van der Waals surface area contributed by atoms with E-state index >= 15 is 0 Å². The molecule has 1 aliphatic heterocycles. The second kappa shape index (κ2) is 6.43. The Morgan fingerprint density at radius 1 is 0.800 bits per heavy atom. The maximum atomic E-state index is 13.4. The standard InChI is InChI=1S/C11H9F12NO/c1-4(12)7(8(13,14)11(21,22)23)24-2-5(9(15,16)17)25-6(3-24)10(18,19)20/h5-6H,2-3H2,1H3/b7-4+. The molecule has 0 saturated carbocycles. The van der Waals surface area contributed by atoms with E-state index in [1.807, 2.05) is 0 Å². The summed E-state index contributed by atoms with van der Waals surface area (Å²) in [6.07, 6.45) is -24.1. The van der Waals surface area contributed by atoms with Crippen LogP contribution in [0.5, 0.6) is 0 Å². The fraction of sp³-hybridized carbons (Fsp3) is 0.818. The Morgan fingerprint density at radius 2 is 1.16 bits per heavy atom. The highest BCUT2D eigenvalue weighted by Crippen LogP contribution is 2.45. The maximum absolute atomic E-state index is 13.4. The predicted octanol–water partition coefficient (Wildman–Crippen LogP) is 4.58. The van der Waals surface area contributed by atoms with Gasteiger partial charge in [0.2, 0.25) is 0 Å². The van der Waals surface area contributed by atoms with E-state index in [4.69, 9.17) is 0 Å². The van der Waals surface area contributed by atoms with Crippen molar-refractivity contribution in [3.05, 3.63) is 11.5 Å². The summed E-state index contributed by atoms with van der Waals surface area (Å²) in [5.74, 6) is -8.28. The van der Waals surface area contributed by atoms with Gasteiger partial charge in [0.15, 0.2) is 12.2 Å². The van der Waals surface area contributed by atoms with Crippen molar-refractivity contribution in [2.75, 3.05) is 13.1 Å². The number of allylic oxidation sites excluding steroid dienone is 2. The summed E-state index contributed by atoms with van der Waals surface area (Å²) in [7, 11) is 0. The van der Waals surface area contributed by atoms with E-state index in [9.17, 15) is 52.7 Å². The zero-order valence-electron chi connectivity index (χ0n) is 12.0. The third kappa shape index (κ3) is 4.64. The third-order valence-electron chi connectivity index (χ3n) is 3.13. The lowest BCUT2D eigenvalue weighted by Gasteiger charge is -2.42. The summed E-state index contributed by atoms with van der Waals surface area (Å²) in [6.45, 7) is -3.66. The molecular formula is C11H9F12NO. The highest BCUT2D eigenvalue weighted by Gasteiger charge is 2.64. The number of hydrogen-bond donors (Lipinski definition) is 0. The number of halogens is 12. The van der Waals surface area contributed by atoms with Crippen LogP contribution >= 0.6 is 0 Å². The van der Waals surface area contributed by atoms with E-state index in [1.165, 1.54) is 0 Å². The first-order valence-electron chi connectivity index (χ1n) is 6.24. The van der Waals surface area contributed by atoms with Gasteiger partial charge < -0.3 is 9.64 Å². The van der Waals surface area contributed by atoms with E-state index in [0.717, 1.165) is 0 Å². The Bertz CT molecular complexity index is 491. The van der Waals surface area contributed by atoms with Crippen LogP contribution in [0.1, 0.15) is 6.92 Å². The van der Waals surface area contributed by atoms with Crippen molar-refractivity contribution in [2.45, 2.75) is 43.6 Å². The molecule has 2 nitrogen and oxygen atoms in total. The summed E-state index contributed by atoms with van der Waals surface area (Å²) in [5.41, 5.74) is -2.62. The molecule has 1 rings (SSSR count). The molecule has 2 atom stereocenters. The summed E-state index contributed by atoms with van der Waals surface area (Å²) in [4.78, 5) is -0.636. The van der Waals surface area contributed by atoms with E-state index in [1.54, 1.807) is 0 Å². The van der Waals surface area contributed by atoms with Crippen molar-refractivity contribution in [2.24, 2.45) is 0 Å². The average Bonchev–Trinajstić information content (AvgIpc) is 2.34. The number of hydrogen-bond acceptors (Lipinski definition) is 2. The fourth-order valence-corrected chi connectivity index (χ4v) is 2.07. The minimum atomic E-state index is -6.44. The van der Waals surface area contributed by atoms with Crippen molar-refractivity contribution < 1.29 is 57.4 Å². The molecule has 0 aromatic rings. The van der Waals surface area contributed by atoms with E-state index in [0.29, 0.717) is 0 Å². The summed E-state index contributed by atoms with van der Waals surface area (Å²) >= 11 is 0. The molecule has 1 aliphatic rings. The number of morpholine rings is 1. The second-order valence-corrected chi connectivity index (χ2v) is 5.06. The minimum absolute atomic E-state index is 0.0651. The van der Waals surface area contributed by atoms with Gasteiger partial charge in [0.25, 0.3) is 0 Å². The highest BCUT2D eigenvalue weighted by atomic mass is 19.4. The first-order chi connectivity index (χ1) is 10.9. The first kappa shape index (κ1) is 21.7. The quantitative estimate of drug-likeness (QED) is 0.631. The average molecular weight is 399 g/mol. The van der Waals surface area contributed by atoms with Gasteiger partial charge in [-0.3, -0.25) is 0 Å². The molecule has 0 spiro atoms. The molecule has 14 heteroatoms. The lowest BCUT2D eigenvalue weighted by Crippen LogP contribution is -2.59. The van der Waals surface area contributed by atoms with Crippen LogP contribution in [0.3, 0.4) is 0 Å². The Balaban J connectivity index is 3.37. The molecule has 0 N–H and O–H groups in total. The van der Waals surface area contributed by atoms with Gasteiger partial charge in [-0.1, -0.05) is 0 Å². The molecule has 148 valence electrons. The number of alkyl halides is 11.